The number of nitrogens with zero attached hydrogens (tertiary/aromatic N) is 6. The van der Waals surface area contributed by atoms with E-state index in [2.05, 4.69) is 69.5 Å². The smallest absolute Gasteiger partial charge is 0.378 e. The Kier molecular flexibility index (Phi) is 8.80. The van der Waals surface area contributed by atoms with E-state index in [-0.39, 0.29) is 24.2 Å². The molecule has 4 aliphatic rings. The average molecular weight is 649 g/mol. The van der Waals surface area contributed by atoms with Crippen LogP contribution >= 0.6 is 0 Å². The maximum absolute atomic E-state index is 13.9. The van der Waals surface area contributed by atoms with Crippen LogP contribution in [-0.2, 0) is 27.0 Å². The number of halogens is 3. The number of hydrogen-bond acceptors (Lipinski definition) is 7. The van der Waals surface area contributed by atoms with Gasteiger partial charge in [0.2, 0.25) is 0 Å². The predicted octanol–water partition coefficient (Wildman–Crippen LogP) is 5.71. The van der Waals surface area contributed by atoms with E-state index in [1.807, 2.05) is 0 Å². The van der Waals surface area contributed by atoms with Crippen molar-refractivity contribution in [3.05, 3.63) is 82.7 Å². The molecule has 1 amide bonds. The molecule has 12 heteroatoms. The number of hydrazone groups is 1. The van der Waals surface area contributed by atoms with Crippen molar-refractivity contribution in [2.24, 2.45) is 11.0 Å². The molecular weight excluding hydrogens is 609 g/mol. The number of carbonyl (C=O) groups excluding carboxylic acids is 1. The summed E-state index contributed by atoms with van der Waals surface area (Å²) in [5.74, 6) is -0.437. The van der Waals surface area contributed by atoms with E-state index in [9.17, 15) is 18.0 Å². The molecule has 1 aromatic heterocycles. The second-order valence-electron chi connectivity index (χ2n) is 12.5. The Bertz CT molecular complexity index is 1640. The lowest BCUT2D eigenvalue weighted by molar-refractivity contribution is -0.142. The largest absolute Gasteiger partial charge is 0.435 e. The summed E-state index contributed by atoms with van der Waals surface area (Å²) < 4.78 is 52.3. The van der Waals surface area contributed by atoms with Gasteiger partial charge in [0.25, 0.3) is 5.91 Å². The molecule has 0 radical (unpaired) electrons. The first-order valence-corrected chi connectivity index (χ1v) is 16.3. The Morgan fingerprint density at radius 1 is 0.915 bits per heavy atom. The average Bonchev–Trinajstić information content (AvgIpc) is 3.67. The molecule has 47 heavy (non-hydrogen) atoms. The third-order valence-electron chi connectivity index (χ3n) is 9.53. The highest BCUT2D eigenvalue weighted by Crippen LogP contribution is 2.45. The molecule has 248 valence electrons. The van der Waals surface area contributed by atoms with Crippen LogP contribution in [0.2, 0.25) is 0 Å². The van der Waals surface area contributed by atoms with Crippen molar-refractivity contribution >= 4 is 29.1 Å². The van der Waals surface area contributed by atoms with Gasteiger partial charge in [0.05, 0.1) is 38.2 Å². The van der Waals surface area contributed by atoms with E-state index in [1.54, 1.807) is 0 Å². The van der Waals surface area contributed by atoms with Crippen LogP contribution in [0.5, 0.6) is 0 Å². The monoisotopic (exact) mass is 648 g/mol. The number of morpholine rings is 2. The van der Waals surface area contributed by atoms with Gasteiger partial charge in [-0.1, -0.05) is 24.3 Å². The number of alkyl halides is 3. The highest BCUT2D eigenvalue weighted by molar-refractivity contribution is 6.08. The van der Waals surface area contributed by atoms with Gasteiger partial charge in [-0.25, -0.2) is 5.01 Å². The highest BCUT2D eigenvalue weighted by Gasteiger charge is 2.44. The molecule has 2 atom stereocenters. The first-order valence-electron chi connectivity index (χ1n) is 16.3. The van der Waals surface area contributed by atoms with Gasteiger partial charge in [-0.05, 0) is 79.3 Å². The van der Waals surface area contributed by atoms with E-state index >= 15 is 0 Å². The van der Waals surface area contributed by atoms with E-state index in [1.165, 1.54) is 11.9 Å². The number of amides is 1. The Hall–Kier alpha value is -4.16. The molecule has 7 rings (SSSR count). The van der Waals surface area contributed by atoms with Gasteiger partial charge in [-0.3, -0.25) is 9.48 Å². The molecule has 4 heterocycles. The van der Waals surface area contributed by atoms with E-state index in [0.29, 0.717) is 13.2 Å². The fourth-order valence-electron chi connectivity index (χ4n) is 7.06. The molecule has 2 aromatic carbocycles. The topological polar surface area (TPSA) is 75.4 Å². The summed E-state index contributed by atoms with van der Waals surface area (Å²) in [7, 11) is 0. The number of aryl methyl sites for hydroxylation is 1. The standard InChI is InChI=1S/C35H39F3N6O3/c1-24-21-31(35(36,37)38)39-43(24)23-32(45)44-34(26-7-11-29(12-8-26)42-15-19-47-20-16-42)30-4-2-3-27(33(30)40-44)22-25-5-9-28(10-6-25)41-13-17-46-18-14-41/h5-12,21-22,30,34H,2-4,13-20,23H2,1H3/b27-22-. The molecule has 0 spiro atoms. The molecule has 1 aliphatic carbocycles. The fourth-order valence-corrected chi connectivity index (χ4v) is 7.06. The molecule has 1 saturated carbocycles. The first kappa shape index (κ1) is 31.4. The lowest BCUT2D eigenvalue weighted by Gasteiger charge is -2.31. The minimum absolute atomic E-state index is 0.0368. The Morgan fingerprint density at radius 3 is 2.09 bits per heavy atom. The Labute approximate surface area is 272 Å². The zero-order valence-corrected chi connectivity index (χ0v) is 26.5. The fraction of sp³-hybridized carbons (Fsp3) is 0.457. The number of fused-ring (bicyclic) bond motifs is 1. The number of allylic oxidation sites excluding steroid dienone is 1. The van der Waals surface area contributed by atoms with Crippen molar-refractivity contribution in [2.45, 2.75) is 44.9 Å². The number of aromatic nitrogens is 2. The second kappa shape index (κ2) is 13.2. The summed E-state index contributed by atoms with van der Waals surface area (Å²) in [6, 6.07) is 17.3. The van der Waals surface area contributed by atoms with Crippen molar-refractivity contribution in [3.8, 4) is 0 Å². The number of rotatable bonds is 6. The van der Waals surface area contributed by atoms with Crippen molar-refractivity contribution in [1.82, 2.24) is 14.8 Å². The molecule has 3 aromatic rings. The molecule has 2 saturated heterocycles. The molecule has 0 bridgehead atoms. The van der Waals surface area contributed by atoms with Crippen LogP contribution in [-0.4, -0.2) is 79.0 Å². The van der Waals surface area contributed by atoms with Gasteiger partial charge in [-0.15, -0.1) is 0 Å². The summed E-state index contributed by atoms with van der Waals surface area (Å²) in [5.41, 5.74) is 5.47. The molecule has 3 fully saturated rings. The molecule has 9 nitrogen and oxygen atoms in total. The zero-order chi connectivity index (χ0) is 32.5. The van der Waals surface area contributed by atoms with Gasteiger partial charge < -0.3 is 19.3 Å². The van der Waals surface area contributed by atoms with Crippen LogP contribution in [0, 0.1) is 12.8 Å². The van der Waals surface area contributed by atoms with Gasteiger partial charge in [0.15, 0.2) is 5.69 Å². The number of carbonyl (C=O) groups is 1. The summed E-state index contributed by atoms with van der Waals surface area (Å²) in [5, 5.41) is 10.2. The van der Waals surface area contributed by atoms with Gasteiger partial charge in [0, 0.05) is 49.2 Å². The third kappa shape index (κ3) is 6.66. The van der Waals surface area contributed by atoms with Crippen LogP contribution < -0.4 is 9.80 Å². The van der Waals surface area contributed by atoms with E-state index < -0.39 is 17.8 Å². The highest BCUT2D eigenvalue weighted by atomic mass is 19.4. The number of anilines is 2. The SMILES string of the molecule is Cc1cc(C(F)(F)F)nn1CC(=O)N1N=C2/C(=C\c3ccc(N4CCOCC4)cc3)CCCC2C1c1ccc(N2CCOCC2)cc1. The molecule has 0 N–H and O–H groups in total. The number of hydrogen-bond donors (Lipinski definition) is 0. The Balaban J connectivity index is 1.19. The predicted molar refractivity (Wildman–Crippen MR) is 173 cm³/mol. The summed E-state index contributed by atoms with van der Waals surface area (Å²) in [6.07, 6.45) is 0.197. The van der Waals surface area contributed by atoms with Gasteiger partial charge in [0.1, 0.15) is 6.54 Å². The van der Waals surface area contributed by atoms with Crippen molar-refractivity contribution in [3.63, 3.8) is 0 Å². The molecule has 3 aliphatic heterocycles. The normalized spacial score (nSPS) is 22.9. The summed E-state index contributed by atoms with van der Waals surface area (Å²) in [6.45, 7) is 7.36. The minimum Gasteiger partial charge on any atom is -0.378 e. The maximum atomic E-state index is 13.9. The summed E-state index contributed by atoms with van der Waals surface area (Å²) >= 11 is 0. The maximum Gasteiger partial charge on any atom is 0.435 e. The summed E-state index contributed by atoms with van der Waals surface area (Å²) in [4.78, 5) is 18.5. The minimum atomic E-state index is -4.59. The number of ether oxygens (including phenoxy) is 2. The third-order valence-corrected chi connectivity index (χ3v) is 9.53. The van der Waals surface area contributed by atoms with Gasteiger partial charge >= 0.3 is 6.18 Å². The number of benzene rings is 2. The van der Waals surface area contributed by atoms with Gasteiger partial charge in [-0.2, -0.15) is 23.4 Å². The van der Waals surface area contributed by atoms with Crippen LogP contribution in [0.1, 0.15) is 47.8 Å². The van der Waals surface area contributed by atoms with Crippen molar-refractivity contribution < 1.29 is 27.4 Å². The van der Waals surface area contributed by atoms with Crippen LogP contribution in [0.4, 0.5) is 24.5 Å². The van der Waals surface area contributed by atoms with Crippen LogP contribution in [0.25, 0.3) is 6.08 Å². The first-order chi connectivity index (χ1) is 22.7. The lowest BCUT2D eigenvalue weighted by Crippen LogP contribution is -2.36. The van der Waals surface area contributed by atoms with E-state index in [0.717, 1.165) is 103 Å². The molecule has 2 unspecified atom stereocenters. The van der Waals surface area contributed by atoms with E-state index in [4.69, 9.17) is 14.6 Å². The van der Waals surface area contributed by atoms with Crippen molar-refractivity contribution in [1.29, 1.82) is 0 Å². The molecular formula is C35H39F3N6O3. The quantitative estimate of drug-likeness (QED) is 0.341. The second-order valence-corrected chi connectivity index (χ2v) is 12.5. The van der Waals surface area contributed by atoms with Crippen LogP contribution in [0.15, 0.2) is 65.3 Å². The van der Waals surface area contributed by atoms with Crippen molar-refractivity contribution in [2.75, 3.05) is 62.4 Å². The zero-order valence-electron chi connectivity index (χ0n) is 26.5. The Morgan fingerprint density at radius 2 is 1.51 bits per heavy atom. The van der Waals surface area contributed by atoms with Crippen LogP contribution in [0.3, 0.4) is 0 Å². The lowest BCUT2D eigenvalue weighted by atomic mass is 9.77.